The van der Waals surface area contributed by atoms with Crippen LogP contribution in [-0.4, -0.2) is 53.9 Å². The lowest BCUT2D eigenvalue weighted by atomic mass is 9.88. The van der Waals surface area contributed by atoms with Gasteiger partial charge in [0.2, 0.25) is 5.88 Å². The van der Waals surface area contributed by atoms with Gasteiger partial charge in [0.15, 0.2) is 12.4 Å². The molecule has 8 nitrogen and oxygen atoms in total. The Morgan fingerprint density at radius 2 is 1.73 bits per heavy atom. The van der Waals surface area contributed by atoms with Crippen molar-refractivity contribution in [2.75, 3.05) is 42.6 Å². The molecule has 1 unspecified atom stereocenters. The van der Waals surface area contributed by atoms with E-state index in [-0.39, 0.29) is 18.6 Å². The molecule has 1 fully saturated rings. The zero-order valence-electron chi connectivity index (χ0n) is 18.6. The first-order valence-electron chi connectivity index (χ1n) is 11.5. The van der Waals surface area contributed by atoms with Gasteiger partial charge in [-0.25, -0.2) is 4.98 Å². The summed E-state index contributed by atoms with van der Waals surface area (Å²) in [6, 6.07) is 18.0. The molecule has 1 N–H and O–H groups in total. The fraction of sp³-hybridized carbons (Fsp3) is 0.360. The second-order valence-corrected chi connectivity index (χ2v) is 8.39. The number of piperazine rings is 1. The number of hydrogen-bond donors (Lipinski definition) is 1. The van der Waals surface area contributed by atoms with E-state index in [0.29, 0.717) is 5.88 Å². The molecule has 1 aliphatic carbocycles. The maximum absolute atomic E-state index is 12.5. The van der Waals surface area contributed by atoms with Gasteiger partial charge in [-0.2, -0.15) is 0 Å². The van der Waals surface area contributed by atoms with Crippen LogP contribution in [0.2, 0.25) is 0 Å². The molecule has 3 heterocycles. The molecule has 2 aromatic heterocycles. The number of aryl methyl sites for hydroxylation is 1. The number of hydrogen-bond acceptors (Lipinski definition) is 7. The van der Waals surface area contributed by atoms with Gasteiger partial charge < -0.3 is 19.9 Å². The molecule has 1 amide bonds. The minimum atomic E-state index is -0.145. The zero-order valence-corrected chi connectivity index (χ0v) is 18.6. The lowest BCUT2D eigenvalue weighted by Crippen LogP contribution is -2.47. The second-order valence-electron chi connectivity index (χ2n) is 8.39. The van der Waals surface area contributed by atoms with Crippen molar-refractivity contribution in [3.05, 3.63) is 71.9 Å². The predicted octanol–water partition coefficient (Wildman–Crippen LogP) is 2.77. The van der Waals surface area contributed by atoms with Crippen molar-refractivity contribution in [3.63, 3.8) is 0 Å². The predicted molar refractivity (Wildman–Crippen MR) is 126 cm³/mol. The van der Waals surface area contributed by atoms with Crippen LogP contribution in [0.25, 0.3) is 0 Å². The van der Waals surface area contributed by atoms with E-state index in [0.717, 1.165) is 57.1 Å². The first kappa shape index (κ1) is 21.2. The molecule has 3 aromatic rings. The first-order chi connectivity index (χ1) is 16.3. The van der Waals surface area contributed by atoms with Crippen LogP contribution in [0.3, 0.4) is 0 Å². The van der Waals surface area contributed by atoms with Gasteiger partial charge in [0, 0.05) is 38.4 Å². The molecule has 33 heavy (non-hydrogen) atoms. The largest absolute Gasteiger partial charge is 0.466 e. The summed E-state index contributed by atoms with van der Waals surface area (Å²) in [5.41, 5.74) is 2.53. The van der Waals surface area contributed by atoms with E-state index in [9.17, 15) is 4.79 Å². The molecule has 170 valence electrons. The molecule has 2 aliphatic rings. The topological polar surface area (TPSA) is 83.5 Å². The van der Waals surface area contributed by atoms with Crippen LogP contribution >= 0.6 is 0 Å². The molecule has 0 spiro atoms. The van der Waals surface area contributed by atoms with Gasteiger partial charge in [0.25, 0.3) is 5.91 Å². The number of amides is 1. The number of carbonyl (C=O) groups excluding carboxylic acids is 1. The average Bonchev–Trinajstić information content (AvgIpc) is 2.89. The number of anilines is 2. The Bertz CT molecular complexity index is 1070. The summed E-state index contributed by atoms with van der Waals surface area (Å²) in [7, 11) is 0. The van der Waals surface area contributed by atoms with Crippen molar-refractivity contribution in [2.45, 2.75) is 25.3 Å². The maximum Gasteiger partial charge on any atom is 0.258 e. The minimum Gasteiger partial charge on any atom is -0.466 e. The van der Waals surface area contributed by atoms with E-state index in [4.69, 9.17) is 4.74 Å². The third-order valence-electron chi connectivity index (χ3n) is 6.26. The number of carbonyl (C=O) groups is 1. The summed E-state index contributed by atoms with van der Waals surface area (Å²) in [6.07, 6.45) is 4.91. The summed E-state index contributed by atoms with van der Waals surface area (Å²) in [6.45, 7) is 3.37. The molecule has 8 heteroatoms. The van der Waals surface area contributed by atoms with Crippen LogP contribution in [0.5, 0.6) is 5.88 Å². The van der Waals surface area contributed by atoms with Gasteiger partial charge in [0.1, 0.15) is 5.82 Å². The lowest BCUT2D eigenvalue weighted by molar-refractivity contribution is -0.124. The van der Waals surface area contributed by atoms with Gasteiger partial charge in [0.05, 0.1) is 6.04 Å². The molecule has 1 saturated heterocycles. The third-order valence-corrected chi connectivity index (χ3v) is 6.26. The SMILES string of the molecule is O=C(COc1ccc(N2CCN(c3ccccn3)CC2)nn1)NC1CCCc2ccccc21. The van der Waals surface area contributed by atoms with Crippen LogP contribution in [0.4, 0.5) is 11.6 Å². The molecule has 1 atom stereocenters. The fourth-order valence-electron chi connectivity index (χ4n) is 4.54. The molecule has 1 aromatic carbocycles. The van der Waals surface area contributed by atoms with Crippen molar-refractivity contribution < 1.29 is 9.53 Å². The normalized spacial score (nSPS) is 17.9. The number of benzene rings is 1. The number of nitrogens with zero attached hydrogens (tertiary/aromatic N) is 5. The van der Waals surface area contributed by atoms with Crippen molar-refractivity contribution in [3.8, 4) is 5.88 Å². The summed E-state index contributed by atoms with van der Waals surface area (Å²) in [4.78, 5) is 21.3. The zero-order chi connectivity index (χ0) is 22.5. The molecular weight excluding hydrogens is 416 g/mol. The Kier molecular flexibility index (Phi) is 6.32. The number of pyridine rings is 1. The van der Waals surface area contributed by atoms with Gasteiger partial charge >= 0.3 is 0 Å². The van der Waals surface area contributed by atoms with Gasteiger partial charge in [-0.05, 0) is 48.6 Å². The Morgan fingerprint density at radius 3 is 2.48 bits per heavy atom. The molecule has 5 rings (SSSR count). The number of nitrogens with one attached hydrogen (secondary N) is 1. The minimum absolute atomic E-state index is 0.0456. The number of ether oxygens (including phenoxy) is 1. The van der Waals surface area contributed by atoms with Crippen LogP contribution in [-0.2, 0) is 11.2 Å². The highest BCUT2D eigenvalue weighted by atomic mass is 16.5. The highest BCUT2D eigenvalue weighted by Gasteiger charge is 2.22. The molecule has 0 saturated carbocycles. The molecular formula is C25H28N6O2. The quantitative estimate of drug-likeness (QED) is 0.626. The fourth-order valence-corrected chi connectivity index (χ4v) is 4.54. The summed E-state index contributed by atoms with van der Waals surface area (Å²) in [5, 5.41) is 11.6. The molecule has 1 aliphatic heterocycles. The number of rotatable bonds is 6. The van der Waals surface area contributed by atoms with Crippen LogP contribution in [0, 0.1) is 0 Å². The lowest BCUT2D eigenvalue weighted by Gasteiger charge is -2.35. The molecule has 0 radical (unpaired) electrons. The molecule has 0 bridgehead atoms. The van der Waals surface area contributed by atoms with Crippen molar-refractivity contribution in [1.82, 2.24) is 20.5 Å². The second kappa shape index (κ2) is 9.85. The Morgan fingerprint density at radius 1 is 0.939 bits per heavy atom. The van der Waals surface area contributed by atoms with Crippen LogP contribution < -0.4 is 19.9 Å². The summed E-state index contributed by atoms with van der Waals surface area (Å²) >= 11 is 0. The maximum atomic E-state index is 12.5. The number of fused-ring (bicyclic) bond motifs is 1. The van der Waals surface area contributed by atoms with Gasteiger partial charge in [-0.15, -0.1) is 10.2 Å². The van der Waals surface area contributed by atoms with E-state index >= 15 is 0 Å². The third kappa shape index (κ3) is 5.05. The van der Waals surface area contributed by atoms with Gasteiger partial charge in [-0.3, -0.25) is 4.79 Å². The Hall–Kier alpha value is -3.68. The van der Waals surface area contributed by atoms with E-state index in [1.807, 2.05) is 36.5 Å². The van der Waals surface area contributed by atoms with E-state index in [1.54, 1.807) is 6.07 Å². The summed E-state index contributed by atoms with van der Waals surface area (Å²) in [5.74, 6) is 2.02. The van der Waals surface area contributed by atoms with E-state index < -0.39 is 0 Å². The monoisotopic (exact) mass is 444 g/mol. The van der Waals surface area contributed by atoms with E-state index in [2.05, 4.69) is 48.5 Å². The number of aromatic nitrogens is 3. The van der Waals surface area contributed by atoms with Crippen molar-refractivity contribution in [1.29, 1.82) is 0 Å². The van der Waals surface area contributed by atoms with Gasteiger partial charge in [-0.1, -0.05) is 30.3 Å². The smallest absolute Gasteiger partial charge is 0.258 e. The van der Waals surface area contributed by atoms with E-state index in [1.165, 1.54) is 11.1 Å². The average molecular weight is 445 g/mol. The standard InChI is InChI=1S/C25H28N6O2/c32-24(27-21-9-5-7-19-6-1-2-8-20(19)21)18-33-25-12-11-23(28-29-25)31-16-14-30(15-17-31)22-10-3-4-13-26-22/h1-4,6,8,10-13,21H,5,7,9,14-18H2,(H,27,32). The first-order valence-corrected chi connectivity index (χ1v) is 11.5. The highest BCUT2D eigenvalue weighted by Crippen LogP contribution is 2.29. The Balaban J connectivity index is 1.10. The summed E-state index contributed by atoms with van der Waals surface area (Å²) < 4.78 is 5.59. The van der Waals surface area contributed by atoms with Crippen LogP contribution in [0.15, 0.2) is 60.8 Å². The highest BCUT2D eigenvalue weighted by molar-refractivity contribution is 5.78. The Labute approximate surface area is 193 Å². The van der Waals surface area contributed by atoms with Crippen molar-refractivity contribution >= 4 is 17.5 Å². The van der Waals surface area contributed by atoms with Crippen LogP contribution in [0.1, 0.15) is 30.0 Å². The van der Waals surface area contributed by atoms with Crippen molar-refractivity contribution in [2.24, 2.45) is 0 Å².